The Morgan fingerprint density at radius 3 is 0.645 bits per heavy atom. The van der Waals surface area contributed by atoms with Crippen LogP contribution in [0.2, 0.25) is 0 Å². The van der Waals surface area contributed by atoms with Crippen molar-refractivity contribution in [2.75, 3.05) is 0 Å². The number of carboxylic acids is 3. The van der Waals surface area contributed by atoms with Crippen LogP contribution in [0.25, 0.3) is 0 Å². The van der Waals surface area contributed by atoms with E-state index in [1.54, 1.807) is 0 Å². The fourth-order valence-electron chi connectivity index (χ4n) is 3.26. The van der Waals surface area contributed by atoms with E-state index in [0.717, 1.165) is 77.0 Å². The van der Waals surface area contributed by atoms with Crippen LogP contribution in [0.3, 0.4) is 0 Å². The van der Waals surface area contributed by atoms with Gasteiger partial charge in [0.2, 0.25) is 0 Å². The van der Waals surface area contributed by atoms with Gasteiger partial charge < -0.3 is 15.3 Å². The monoisotopic (exact) mass is 641 g/mol. The normalized spacial score (nSPS) is 9.97. The smallest absolute Gasteiger partial charge is 0.306 e. The fraction of sp³-hybridized carbons (Fsp3) is 0.875. The van der Waals surface area contributed by atoms with Crippen LogP contribution in [0.5, 0.6) is 0 Å². The Hall–Kier alpha value is -0.707. The van der Waals surface area contributed by atoms with Gasteiger partial charge in [-0.05, 0) is 38.5 Å². The second-order valence-corrected chi connectivity index (χ2v) is 7.84. The Labute approximate surface area is 209 Å². The molecule has 0 heterocycles. The first-order valence-corrected chi connectivity index (χ1v) is 11.8. The first-order chi connectivity index (χ1) is 14.2. The molecule has 0 amide bonds. The Morgan fingerprint density at radius 2 is 0.581 bits per heavy atom. The van der Waals surface area contributed by atoms with Gasteiger partial charge in [-0.15, -0.1) is 0 Å². The van der Waals surface area contributed by atoms with Crippen molar-refractivity contribution in [1.82, 2.24) is 0 Å². The van der Waals surface area contributed by atoms with E-state index in [2.05, 4.69) is 0 Å². The molecule has 7 heteroatoms. The molecule has 185 valence electrons. The summed E-state index contributed by atoms with van der Waals surface area (Å²) in [6.45, 7) is 12.1. The summed E-state index contributed by atoms with van der Waals surface area (Å²) in [5.74, 6) is -2.21. The van der Waals surface area contributed by atoms with Crippen LogP contribution < -0.4 is 0 Å². The van der Waals surface area contributed by atoms with Crippen LogP contribution in [-0.2, 0) is 14.4 Å². The molecule has 3 radical (unpaired) electrons. The third-order valence-corrected chi connectivity index (χ3v) is 4.87. The molecule has 0 aliphatic heterocycles. The van der Waals surface area contributed by atoms with Crippen LogP contribution in [0.15, 0.2) is 0 Å². The van der Waals surface area contributed by atoms with E-state index in [-0.39, 0.29) is 44.0 Å². The zero-order chi connectivity index (χ0) is 23.9. The molecule has 0 aromatic heterocycles. The number of aliphatic carboxylic acids is 3. The third kappa shape index (κ3) is 25.4. The van der Waals surface area contributed by atoms with E-state index < -0.39 is 17.9 Å². The molecule has 6 nitrogen and oxygen atoms in total. The summed E-state index contributed by atoms with van der Waals surface area (Å²) in [5.41, 5.74) is 0. The van der Waals surface area contributed by atoms with Crippen molar-refractivity contribution < 1.29 is 29.7 Å². The van der Waals surface area contributed by atoms with Gasteiger partial charge in [-0.25, -0.2) is 0 Å². The summed E-state index contributed by atoms with van der Waals surface area (Å²) in [7, 11) is 0. The predicted octanol–water partition coefficient (Wildman–Crippen LogP) is 6.48. The summed E-state index contributed by atoms with van der Waals surface area (Å²) in [5, 5.41) is 25.9. The van der Waals surface area contributed by atoms with E-state index in [0.29, 0.717) is 0 Å². The molecule has 0 saturated carbocycles. The van der Waals surface area contributed by atoms with Gasteiger partial charge in [0.1, 0.15) is 0 Å². The zero-order valence-electron chi connectivity index (χ0n) is 20.7. The maximum atomic E-state index is 10.5. The molecule has 0 atom stereocenters. The molecular weight excluding hydrogens is 593 g/mol. The summed E-state index contributed by atoms with van der Waals surface area (Å²) < 4.78 is 0. The standard InChI is InChI=1S/3C8H16O2.Bi/c3*1-3-5-7(6-4-2)8(9)10;/h3*7H,3-6H2,1-2H3,(H,9,10);. The fourth-order valence-corrected chi connectivity index (χ4v) is 3.26. The van der Waals surface area contributed by atoms with Crippen LogP contribution in [-0.4, -0.2) is 59.4 Å². The van der Waals surface area contributed by atoms with Crippen molar-refractivity contribution in [3.05, 3.63) is 0 Å². The maximum Gasteiger partial charge on any atom is 0.306 e. The van der Waals surface area contributed by atoms with Gasteiger partial charge >= 0.3 is 17.9 Å². The van der Waals surface area contributed by atoms with Crippen LogP contribution in [0.4, 0.5) is 0 Å². The van der Waals surface area contributed by atoms with Crippen molar-refractivity contribution in [1.29, 1.82) is 0 Å². The summed E-state index contributed by atoms with van der Waals surface area (Å²) in [6, 6.07) is 0. The van der Waals surface area contributed by atoms with E-state index in [9.17, 15) is 14.4 Å². The van der Waals surface area contributed by atoms with Crippen molar-refractivity contribution in [2.24, 2.45) is 17.8 Å². The average molecular weight is 642 g/mol. The number of carbonyl (C=O) groups is 3. The third-order valence-electron chi connectivity index (χ3n) is 4.87. The van der Waals surface area contributed by atoms with Crippen LogP contribution in [0, 0.1) is 17.8 Å². The maximum absolute atomic E-state index is 10.5. The van der Waals surface area contributed by atoms with Gasteiger partial charge in [0.05, 0.1) is 17.8 Å². The number of hydrogen-bond acceptors (Lipinski definition) is 3. The average Bonchev–Trinajstić information content (AvgIpc) is 2.68. The summed E-state index contributed by atoms with van der Waals surface area (Å²) in [6.07, 6.45) is 10.8. The molecule has 0 aliphatic rings. The van der Waals surface area contributed by atoms with Gasteiger partial charge in [0.15, 0.2) is 0 Å². The minimum atomic E-state index is -0.635. The molecule has 3 N–H and O–H groups in total. The molecule has 0 saturated heterocycles. The number of carboxylic acid groups (broad SMARTS) is 3. The Morgan fingerprint density at radius 1 is 0.452 bits per heavy atom. The van der Waals surface area contributed by atoms with Crippen molar-refractivity contribution in [3.63, 3.8) is 0 Å². The van der Waals surface area contributed by atoms with Gasteiger partial charge in [0.25, 0.3) is 0 Å². The number of rotatable bonds is 15. The number of hydrogen-bond donors (Lipinski definition) is 3. The minimum absolute atomic E-state index is 0. The summed E-state index contributed by atoms with van der Waals surface area (Å²) in [4.78, 5) is 31.4. The molecule has 0 unspecified atom stereocenters. The van der Waals surface area contributed by atoms with Gasteiger partial charge in [0, 0.05) is 26.2 Å². The predicted molar refractivity (Wildman–Crippen MR) is 129 cm³/mol. The van der Waals surface area contributed by atoms with Gasteiger partial charge in [-0.1, -0.05) is 80.1 Å². The molecule has 0 aromatic rings. The second kappa shape index (κ2) is 27.3. The molecule has 0 spiro atoms. The van der Waals surface area contributed by atoms with Crippen molar-refractivity contribution in [2.45, 2.75) is 119 Å². The van der Waals surface area contributed by atoms with Crippen LogP contribution in [0.1, 0.15) is 119 Å². The Balaban J connectivity index is -0.000000174. The van der Waals surface area contributed by atoms with E-state index >= 15 is 0 Å². The molecule has 0 bridgehead atoms. The SMILES string of the molecule is CCCC(CCC)C(=O)O.CCCC(CCC)C(=O)O.CCCC(CCC)C(=O)O.[Bi]. The second-order valence-electron chi connectivity index (χ2n) is 7.84. The topological polar surface area (TPSA) is 112 Å². The first kappa shape index (κ1) is 37.6. The van der Waals surface area contributed by atoms with E-state index in [1.165, 1.54) is 0 Å². The van der Waals surface area contributed by atoms with E-state index in [4.69, 9.17) is 15.3 Å². The van der Waals surface area contributed by atoms with Gasteiger partial charge in [-0.3, -0.25) is 14.4 Å². The van der Waals surface area contributed by atoms with Crippen LogP contribution >= 0.6 is 0 Å². The Bertz CT molecular complexity index is 348. The first-order valence-electron chi connectivity index (χ1n) is 11.8. The largest absolute Gasteiger partial charge is 0.481 e. The molecule has 0 aliphatic carbocycles. The minimum Gasteiger partial charge on any atom is -0.481 e. The zero-order valence-corrected chi connectivity index (χ0v) is 24.2. The van der Waals surface area contributed by atoms with Crippen molar-refractivity contribution in [3.8, 4) is 0 Å². The Kier molecular flexibility index (Phi) is 33.1. The summed E-state index contributed by atoms with van der Waals surface area (Å²) >= 11 is 0. The van der Waals surface area contributed by atoms with E-state index in [1.807, 2.05) is 41.5 Å². The quantitative estimate of drug-likeness (QED) is 0.177. The van der Waals surface area contributed by atoms with Gasteiger partial charge in [-0.2, -0.15) is 0 Å². The molecule has 0 rings (SSSR count). The molecule has 0 fully saturated rings. The molecular formula is C24H48BiO6. The molecule has 0 aromatic carbocycles. The van der Waals surface area contributed by atoms with Crippen molar-refractivity contribution >= 4 is 44.1 Å². The molecule has 31 heavy (non-hydrogen) atoms.